The highest BCUT2D eigenvalue weighted by atomic mass is 16.3. The van der Waals surface area contributed by atoms with Crippen molar-refractivity contribution in [3.05, 3.63) is 0 Å². The number of rotatable bonds is 4. The van der Waals surface area contributed by atoms with Crippen LogP contribution in [0.2, 0.25) is 0 Å². The van der Waals surface area contributed by atoms with Crippen LogP contribution in [0, 0.1) is 12.3 Å². The Labute approximate surface area is 81.7 Å². The van der Waals surface area contributed by atoms with Gasteiger partial charge in [0.05, 0.1) is 11.6 Å². The highest BCUT2D eigenvalue weighted by molar-refractivity contribution is 5.04. The lowest BCUT2D eigenvalue weighted by atomic mass is 9.85. The third-order valence-electron chi connectivity index (χ3n) is 2.67. The predicted molar refractivity (Wildman–Crippen MR) is 56.4 cm³/mol. The van der Waals surface area contributed by atoms with Gasteiger partial charge in [0.1, 0.15) is 0 Å². The van der Waals surface area contributed by atoms with Crippen molar-refractivity contribution in [2.24, 2.45) is 0 Å². The van der Waals surface area contributed by atoms with Gasteiger partial charge < -0.3 is 5.11 Å². The number of terminal acetylenes is 1. The number of hydrogen-bond acceptors (Lipinski definition) is 2. The van der Waals surface area contributed by atoms with Crippen molar-refractivity contribution < 1.29 is 5.11 Å². The number of aliphatic hydroxyl groups is 1. The first-order chi connectivity index (χ1) is 5.74. The van der Waals surface area contributed by atoms with Crippen LogP contribution in [0.5, 0.6) is 0 Å². The third kappa shape index (κ3) is 3.38. The monoisotopic (exact) mass is 183 g/mol. The van der Waals surface area contributed by atoms with E-state index in [4.69, 9.17) is 6.42 Å². The SMILES string of the molecule is C#CC(CC)NC(C)(C)C(C)(C)O. The molecule has 0 aromatic carbocycles. The maximum absolute atomic E-state index is 9.85. The summed E-state index contributed by atoms with van der Waals surface area (Å²) in [7, 11) is 0. The van der Waals surface area contributed by atoms with E-state index in [2.05, 4.69) is 11.2 Å². The summed E-state index contributed by atoms with van der Waals surface area (Å²) < 4.78 is 0. The van der Waals surface area contributed by atoms with Crippen molar-refractivity contribution in [3.63, 3.8) is 0 Å². The molecule has 0 spiro atoms. The fourth-order valence-corrected chi connectivity index (χ4v) is 0.874. The molecule has 2 heteroatoms. The highest BCUT2D eigenvalue weighted by Crippen LogP contribution is 2.21. The van der Waals surface area contributed by atoms with E-state index in [1.807, 2.05) is 20.8 Å². The predicted octanol–water partition coefficient (Wildman–Crippen LogP) is 1.54. The molecule has 0 saturated heterocycles. The van der Waals surface area contributed by atoms with Gasteiger partial charge >= 0.3 is 0 Å². The molecule has 0 aliphatic rings. The van der Waals surface area contributed by atoms with E-state index in [9.17, 15) is 5.11 Å². The van der Waals surface area contributed by atoms with Crippen LogP contribution >= 0.6 is 0 Å². The van der Waals surface area contributed by atoms with Crippen LogP contribution < -0.4 is 5.32 Å². The number of nitrogens with one attached hydrogen (secondary N) is 1. The minimum absolute atomic E-state index is 0.0291. The van der Waals surface area contributed by atoms with Gasteiger partial charge in [0.2, 0.25) is 0 Å². The molecule has 0 bridgehead atoms. The first-order valence-electron chi connectivity index (χ1n) is 4.70. The Morgan fingerprint density at radius 2 is 1.85 bits per heavy atom. The molecular weight excluding hydrogens is 162 g/mol. The first kappa shape index (κ1) is 12.5. The molecule has 0 aliphatic heterocycles. The second kappa shape index (κ2) is 4.13. The highest BCUT2D eigenvalue weighted by Gasteiger charge is 2.35. The molecule has 0 aliphatic carbocycles. The second-order valence-electron chi connectivity index (χ2n) is 4.46. The molecule has 2 nitrogen and oxygen atoms in total. The standard InChI is InChI=1S/C11H21NO/c1-7-9(8-2)12-10(3,4)11(5,6)13/h1,9,12-13H,8H2,2-6H3. The van der Waals surface area contributed by atoms with Crippen LogP contribution in [-0.4, -0.2) is 22.3 Å². The van der Waals surface area contributed by atoms with Gasteiger partial charge in [0.25, 0.3) is 0 Å². The van der Waals surface area contributed by atoms with E-state index in [1.54, 1.807) is 13.8 Å². The fourth-order valence-electron chi connectivity index (χ4n) is 0.874. The van der Waals surface area contributed by atoms with Crippen molar-refractivity contribution in [1.82, 2.24) is 5.32 Å². The third-order valence-corrected chi connectivity index (χ3v) is 2.67. The smallest absolute Gasteiger partial charge is 0.0767 e. The van der Waals surface area contributed by atoms with Crippen LogP contribution in [0.1, 0.15) is 41.0 Å². The Balaban J connectivity index is 4.43. The molecule has 0 heterocycles. The van der Waals surface area contributed by atoms with E-state index in [-0.39, 0.29) is 11.6 Å². The van der Waals surface area contributed by atoms with Crippen LogP contribution in [0.15, 0.2) is 0 Å². The van der Waals surface area contributed by atoms with Gasteiger partial charge in [-0.3, -0.25) is 5.32 Å². The molecule has 1 unspecified atom stereocenters. The lowest BCUT2D eigenvalue weighted by Gasteiger charge is -2.39. The van der Waals surface area contributed by atoms with Gasteiger partial charge in [-0.15, -0.1) is 6.42 Å². The summed E-state index contributed by atoms with van der Waals surface area (Å²) in [6, 6.07) is 0.0291. The Hall–Kier alpha value is -0.520. The molecule has 0 saturated carbocycles. The number of hydrogen-bond donors (Lipinski definition) is 2. The van der Waals surface area contributed by atoms with E-state index >= 15 is 0 Å². The van der Waals surface area contributed by atoms with Crippen molar-refractivity contribution in [2.45, 2.75) is 58.2 Å². The van der Waals surface area contributed by atoms with Gasteiger partial charge in [-0.25, -0.2) is 0 Å². The van der Waals surface area contributed by atoms with Crippen molar-refractivity contribution >= 4 is 0 Å². The minimum atomic E-state index is -0.780. The molecule has 0 aromatic rings. The van der Waals surface area contributed by atoms with Gasteiger partial charge in [-0.1, -0.05) is 12.8 Å². The molecule has 2 N–H and O–H groups in total. The zero-order valence-corrected chi connectivity index (χ0v) is 9.31. The zero-order chi connectivity index (χ0) is 10.7. The molecule has 1 atom stereocenters. The summed E-state index contributed by atoms with van der Waals surface area (Å²) in [6.45, 7) is 9.49. The van der Waals surface area contributed by atoms with E-state index in [0.29, 0.717) is 0 Å². The topological polar surface area (TPSA) is 32.3 Å². The fraction of sp³-hybridized carbons (Fsp3) is 0.818. The summed E-state index contributed by atoms with van der Waals surface area (Å²) in [4.78, 5) is 0. The molecular formula is C11H21NO. The van der Waals surface area contributed by atoms with E-state index in [0.717, 1.165) is 6.42 Å². The summed E-state index contributed by atoms with van der Waals surface area (Å²) in [5.41, 5.74) is -1.16. The lowest BCUT2D eigenvalue weighted by molar-refractivity contribution is -0.00730. The maximum Gasteiger partial charge on any atom is 0.0767 e. The average molecular weight is 183 g/mol. The van der Waals surface area contributed by atoms with Crippen LogP contribution in [0.25, 0.3) is 0 Å². The van der Waals surface area contributed by atoms with Crippen molar-refractivity contribution in [2.75, 3.05) is 0 Å². The Bertz CT molecular complexity index is 195. The van der Waals surface area contributed by atoms with Crippen molar-refractivity contribution in [1.29, 1.82) is 0 Å². The molecule has 0 fully saturated rings. The maximum atomic E-state index is 9.85. The molecule has 0 rings (SSSR count). The van der Waals surface area contributed by atoms with Crippen LogP contribution in [0.3, 0.4) is 0 Å². The van der Waals surface area contributed by atoms with Crippen LogP contribution in [-0.2, 0) is 0 Å². The molecule has 13 heavy (non-hydrogen) atoms. The molecule has 0 radical (unpaired) electrons. The normalized spacial score (nSPS) is 15.2. The molecule has 0 amide bonds. The molecule has 0 aromatic heterocycles. The van der Waals surface area contributed by atoms with Crippen molar-refractivity contribution in [3.8, 4) is 12.3 Å². The summed E-state index contributed by atoms with van der Waals surface area (Å²) in [5, 5.41) is 13.1. The first-order valence-corrected chi connectivity index (χ1v) is 4.70. The molecule has 76 valence electrons. The largest absolute Gasteiger partial charge is 0.389 e. The summed E-state index contributed by atoms with van der Waals surface area (Å²) in [5.74, 6) is 2.66. The average Bonchev–Trinajstić information content (AvgIpc) is 1.98. The minimum Gasteiger partial charge on any atom is -0.389 e. The van der Waals surface area contributed by atoms with Gasteiger partial charge in [-0.2, -0.15) is 0 Å². The van der Waals surface area contributed by atoms with Gasteiger partial charge in [0.15, 0.2) is 0 Å². The van der Waals surface area contributed by atoms with E-state index < -0.39 is 5.60 Å². The lowest BCUT2D eigenvalue weighted by Crippen LogP contribution is -2.58. The summed E-state index contributed by atoms with van der Waals surface area (Å²) in [6.07, 6.45) is 6.21. The van der Waals surface area contributed by atoms with Gasteiger partial charge in [0, 0.05) is 5.54 Å². The zero-order valence-electron chi connectivity index (χ0n) is 9.31. The Morgan fingerprint density at radius 1 is 1.38 bits per heavy atom. The Morgan fingerprint density at radius 3 is 2.08 bits per heavy atom. The van der Waals surface area contributed by atoms with E-state index in [1.165, 1.54) is 0 Å². The van der Waals surface area contributed by atoms with Crippen LogP contribution in [0.4, 0.5) is 0 Å². The Kier molecular flexibility index (Phi) is 3.96. The second-order valence-corrected chi connectivity index (χ2v) is 4.46. The summed E-state index contributed by atoms with van der Waals surface area (Å²) >= 11 is 0. The van der Waals surface area contributed by atoms with Gasteiger partial charge in [-0.05, 0) is 34.1 Å². The quantitative estimate of drug-likeness (QED) is 0.648.